The lowest BCUT2D eigenvalue weighted by molar-refractivity contribution is 0.590. The Hall–Kier alpha value is -6.78. The van der Waals surface area contributed by atoms with Gasteiger partial charge in [-0.15, -0.1) is 0 Å². The first-order chi connectivity index (χ1) is 33.1. The van der Waals surface area contributed by atoms with Crippen molar-refractivity contribution in [3.8, 4) is 39.1 Å². The zero-order valence-electron chi connectivity index (χ0n) is 43.1. The predicted octanol–water partition coefficient (Wildman–Crippen LogP) is 16.4. The highest BCUT2D eigenvalue weighted by molar-refractivity contribution is 6.94. The Morgan fingerprint density at radius 2 is 1.07 bits per heavy atom. The smallest absolute Gasteiger partial charge is 0.333 e. The van der Waals surface area contributed by atoms with E-state index in [4.69, 9.17) is 4.42 Å². The Morgan fingerprint density at radius 3 is 1.76 bits per heavy atom. The minimum atomic E-state index is -0.297. The summed E-state index contributed by atoms with van der Waals surface area (Å²) in [4.78, 5) is 2.71. The van der Waals surface area contributed by atoms with Crippen LogP contribution in [0.15, 0.2) is 138 Å². The van der Waals surface area contributed by atoms with Crippen LogP contribution in [0.3, 0.4) is 0 Å². The first-order valence-corrected chi connectivity index (χ1v) is 25.6. The maximum absolute atomic E-state index is 7.00. The molecular formula is C66H61BN2O. The molecule has 2 aliphatic heterocycles. The molecule has 3 nitrogen and oxygen atoms in total. The van der Waals surface area contributed by atoms with E-state index in [1.54, 1.807) is 0 Å². The molecule has 0 amide bonds. The Balaban J connectivity index is 1.22. The number of furan rings is 1. The number of benzene rings is 8. The number of anilines is 2. The van der Waals surface area contributed by atoms with Crippen molar-refractivity contribution < 1.29 is 4.42 Å². The van der Waals surface area contributed by atoms with E-state index in [0.717, 1.165) is 11.2 Å². The Kier molecular flexibility index (Phi) is 7.91. The van der Waals surface area contributed by atoms with Gasteiger partial charge in [0.05, 0.1) is 11.0 Å². The largest absolute Gasteiger partial charge is 0.456 e. The van der Waals surface area contributed by atoms with Gasteiger partial charge in [-0.25, -0.2) is 0 Å². The molecule has 0 saturated heterocycles. The highest BCUT2D eigenvalue weighted by Gasteiger charge is 2.51. The summed E-state index contributed by atoms with van der Waals surface area (Å²) in [5.41, 5.74) is 28.0. The van der Waals surface area contributed by atoms with Crippen molar-refractivity contribution in [1.82, 2.24) is 4.57 Å². The van der Waals surface area contributed by atoms with E-state index in [1.165, 1.54) is 133 Å². The van der Waals surface area contributed by atoms with Gasteiger partial charge in [0.2, 0.25) is 0 Å². The van der Waals surface area contributed by atoms with Gasteiger partial charge in [-0.05, 0) is 142 Å². The van der Waals surface area contributed by atoms with Crippen molar-refractivity contribution in [1.29, 1.82) is 0 Å². The lowest BCUT2D eigenvalue weighted by Gasteiger charge is -2.44. The molecule has 0 fully saturated rings. The lowest BCUT2D eigenvalue weighted by atomic mass is 9.43. The Morgan fingerprint density at radius 1 is 0.471 bits per heavy atom. The van der Waals surface area contributed by atoms with Crippen LogP contribution in [0.4, 0.5) is 11.4 Å². The van der Waals surface area contributed by atoms with Gasteiger partial charge in [0.25, 0.3) is 0 Å². The van der Waals surface area contributed by atoms with E-state index >= 15 is 0 Å². The molecule has 0 N–H and O–H groups in total. The maximum Gasteiger partial charge on any atom is 0.333 e. The minimum absolute atomic E-state index is 0.00930. The van der Waals surface area contributed by atoms with E-state index in [9.17, 15) is 0 Å². The van der Waals surface area contributed by atoms with E-state index in [1.807, 2.05) is 0 Å². The van der Waals surface area contributed by atoms with Crippen LogP contribution in [0, 0.1) is 0 Å². The molecule has 4 aliphatic rings. The molecule has 0 unspecified atom stereocenters. The lowest BCUT2D eigenvalue weighted by Crippen LogP contribution is -2.61. The fourth-order valence-corrected chi connectivity index (χ4v) is 13.7. The van der Waals surface area contributed by atoms with Gasteiger partial charge in [-0.2, -0.15) is 0 Å². The van der Waals surface area contributed by atoms with Crippen LogP contribution in [0.2, 0.25) is 0 Å². The van der Waals surface area contributed by atoms with Crippen molar-refractivity contribution in [2.24, 2.45) is 0 Å². The van der Waals surface area contributed by atoms with Crippen LogP contribution in [0.1, 0.15) is 129 Å². The quantitative estimate of drug-likeness (QED) is 0.153. The Bertz CT molecular complexity index is 4000. The van der Waals surface area contributed by atoms with E-state index in [0.29, 0.717) is 0 Å². The molecule has 0 radical (unpaired) electrons. The van der Waals surface area contributed by atoms with Crippen molar-refractivity contribution in [2.75, 3.05) is 4.81 Å². The summed E-state index contributed by atoms with van der Waals surface area (Å²) in [6.07, 6.45) is 0. The van der Waals surface area contributed by atoms with Crippen LogP contribution >= 0.6 is 0 Å². The van der Waals surface area contributed by atoms with Crippen LogP contribution in [0.25, 0.3) is 82.8 Å². The summed E-state index contributed by atoms with van der Waals surface area (Å²) < 4.78 is 9.71. The topological polar surface area (TPSA) is 21.3 Å². The summed E-state index contributed by atoms with van der Waals surface area (Å²) in [6, 6.07) is 52.4. The highest BCUT2D eigenvalue weighted by atomic mass is 16.3. The molecule has 0 bridgehead atoms. The van der Waals surface area contributed by atoms with Gasteiger partial charge >= 0.3 is 6.85 Å². The average molecular weight is 909 g/mol. The van der Waals surface area contributed by atoms with Crippen LogP contribution in [-0.4, -0.2) is 11.4 Å². The highest BCUT2D eigenvalue weighted by Crippen LogP contribution is 2.60. The predicted molar refractivity (Wildman–Crippen MR) is 298 cm³/mol. The second-order valence-corrected chi connectivity index (χ2v) is 25.4. The molecule has 70 heavy (non-hydrogen) atoms. The molecule has 10 aromatic rings. The molecule has 0 spiro atoms. The molecule has 344 valence electrons. The third-order valence-corrected chi connectivity index (χ3v) is 17.4. The third-order valence-electron chi connectivity index (χ3n) is 17.4. The third kappa shape index (κ3) is 5.27. The Labute approximate surface area is 413 Å². The SMILES string of the molecule is CC(C)(C)c1ccc(N2B3c4cc5c(cc4-n4c6ccc(C(C)(C)C)cc6c6c7c(c(c3c64)-c3cc4c(cc32)oc2ccc(C(C)(C)C)cc24)C(C)(C)c2ccccc2-7)C(C)(C)c2ccccc2-5)cc1. The fourth-order valence-electron chi connectivity index (χ4n) is 13.7. The van der Waals surface area contributed by atoms with E-state index < -0.39 is 0 Å². The summed E-state index contributed by atoms with van der Waals surface area (Å²) >= 11 is 0. The van der Waals surface area contributed by atoms with Crippen LogP contribution in [-0.2, 0) is 27.1 Å². The fraction of sp³-hybridized carbons (Fsp3) is 0.273. The zero-order chi connectivity index (χ0) is 48.5. The van der Waals surface area contributed by atoms with Gasteiger partial charge in [0.15, 0.2) is 0 Å². The number of hydrogen-bond acceptors (Lipinski definition) is 2. The van der Waals surface area contributed by atoms with Crippen molar-refractivity contribution in [3.63, 3.8) is 0 Å². The van der Waals surface area contributed by atoms with Crippen molar-refractivity contribution >= 4 is 72.9 Å². The van der Waals surface area contributed by atoms with E-state index in [-0.39, 0.29) is 33.9 Å². The van der Waals surface area contributed by atoms with Crippen LogP contribution < -0.4 is 15.7 Å². The maximum atomic E-state index is 7.00. The normalized spacial score (nSPS) is 16.0. The number of hydrogen-bond donors (Lipinski definition) is 0. The number of aromatic nitrogens is 1. The second-order valence-electron chi connectivity index (χ2n) is 25.4. The van der Waals surface area contributed by atoms with Gasteiger partial charge in [-0.3, -0.25) is 0 Å². The van der Waals surface area contributed by atoms with E-state index in [2.05, 4.69) is 233 Å². The summed E-state index contributed by atoms with van der Waals surface area (Å²) in [5.74, 6) is 0. The summed E-state index contributed by atoms with van der Waals surface area (Å²) in [7, 11) is 0. The van der Waals surface area contributed by atoms with Gasteiger partial charge < -0.3 is 13.8 Å². The molecule has 4 heterocycles. The van der Waals surface area contributed by atoms with Crippen molar-refractivity contribution in [2.45, 2.75) is 117 Å². The second kappa shape index (κ2) is 13.1. The minimum Gasteiger partial charge on any atom is -0.456 e. The van der Waals surface area contributed by atoms with Gasteiger partial charge in [-0.1, -0.05) is 169 Å². The molecule has 2 aliphatic carbocycles. The average Bonchev–Trinajstić information content (AvgIpc) is 3.99. The van der Waals surface area contributed by atoms with Gasteiger partial charge in [0, 0.05) is 61.1 Å². The first kappa shape index (κ1) is 42.1. The standard InChI is InChI=1S/C66H61BN2O/c1-62(2,3)36-22-26-39(27-23-36)69-52-35-55-44(43-30-38(64(7,8)9)25-29-54(43)70-55)32-46(52)58-59-56(41-19-15-17-21-48(41)66(59,12)13)57-45-31-37(63(4,5)6)24-28-51(45)68-53-34-49-42(33-50(53)67(69)60(58)61(57)68)40-18-14-16-20-47(40)65(49,10)11/h14-35H,1-13H3. The van der Waals surface area contributed by atoms with Crippen LogP contribution in [0.5, 0.6) is 0 Å². The molecule has 4 heteroatoms. The summed E-state index contributed by atoms with van der Waals surface area (Å²) in [6.45, 7) is 30.6. The number of rotatable bonds is 1. The number of nitrogens with zero attached hydrogens (tertiary/aromatic N) is 2. The number of fused-ring (bicyclic) bond motifs is 19. The molecule has 14 rings (SSSR count). The van der Waals surface area contributed by atoms with Gasteiger partial charge in [0.1, 0.15) is 11.2 Å². The van der Waals surface area contributed by atoms with Crippen molar-refractivity contribution in [3.05, 3.63) is 172 Å². The molecule has 0 atom stereocenters. The summed E-state index contributed by atoms with van der Waals surface area (Å²) in [5, 5.41) is 5.05. The monoisotopic (exact) mass is 908 g/mol. The molecule has 8 aromatic carbocycles. The zero-order valence-corrected chi connectivity index (χ0v) is 43.1. The first-order valence-electron chi connectivity index (χ1n) is 25.6. The molecule has 2 aromatic heterocycles. The molecular weight excluding hydrogens is 848 g/mol. The molecule has 0 saturated carbocycles.